The van der Waals surface area contributed by atoms with Gasteiger partial charge in [0, 0.05) is 6.92 Å². The highest BCUT2D eigenvalue weighted by Gasteiger charge is 2.14. The van der Waals surface area contributed by atoms with Crippen molar-refractivity contribution in [3.63, 3.8) is 0 Å². The van der Waals surface area contributed by atoms with Gasteiger partial charge in [-0.2, -0.15) is 0 Å². The minimum atomic E-state index is -0.859. The molecule has 0 amide bonds. The third kappa shape index (κ3) is 2.17. The van der Waals surface area contributed by atoms with E-state index >= 15 is 0 Å². The van der Waals surface area contributed by atoms with Crippen molar-refractivity contribution in [2.75, 3.05) is 0 Å². The van der Waals surface area contributed by atoms with Crippen molar-refractivity contribution in [1.29, 1.82) is 0 Å². The number of esters is 1. The van der Waals surface area contributed by atoms with E-state index in [-0.39, 0.29) is 0 Å². The zero-order valence-electron chi connectivity index (χ0n) is 6.44. The lowest BCUT2D eigenvalue weighted by atomic mass is 10.3. The number of hydrogen-bond donors (Lipinski definition) is 0. The zero-order chi connectivity index (χ0) is 8.97. The van der Waals surface area contributed by atoms with Crippen LogP contribution in [0.4, 0.5) is 0 Å². The molecule has 0 fully saturated rings. The van der Waals surface area contributed by atoms with E-state index in [4.69, 9.17) is 4.74 Å². The van der Waals surface area contributed by atoms with Crippen LogP contribution in [-0.2, 0) is 14.3 Å². The van der Waals surface area contributed by atoms with Gasteiger partial charge in [-0.1, -0.05) is 6.07 Å². The molecule has 0 saturated heterocycles. The Hall–Kier alpha value is -1.16. The quantitative estimate of drug-likeness (QED) is 0.666. The van der Waals surface area contributed by atoms with Crippen molar-refractivity contribution in [3.8, 4) is 0 Å². The van der Waals surface area contributed by atoms with Gasteiger partial charge in [0.05, 0.1) is 4.88 Å². The second-order valence-electron chi connectivity index (χ2n) is 2.12. The van der Waals surface area contributed by atoms with Gasteiger partial charge in [0.25, 0.3) is 0 Å². The third-order valence-electron chi connectivity index (χ3n) is 1.19. The second kappa shape index (κ2) is 4.01. The predicted molar refractivity (Wildman–Crippen MR) is 44.5 cm³/mol. The Morgan fingerprint density at radius 1 is 1.75 bits per heavy atom. The lowest BCUT2D eigenvalue weighted by molar-refractivity contribution is -0.143. The van der Waals surface area contributed by atoms with Crippen molar-refractivity contribution in [2.45, 2.75) is 13.0 Å². The molecule has 1 rings (SSSR count). The lowest BCUT2D eigenvalue weighted by Gasteiger charge is -2.06. The summed E-state index contributed by atoms with van der Waals surface area (Å²) in [6.45, 7) is 1.26. The molecule has 0 aliphatic carbocycles. The molecule has 0 saturated carbocycles. The first-order chi connectivity index (χ1) is 5.74. The van der Waals surface area contributed by atoms with Crippen LogP contribution in [0.25, 0.3) is 0 Å². The highest BCUT2D eigenvalue weighted by atomic mass is 32.1. The van der Waals surface area contributed by atoms with Crippen molar-refractivity contribution in [2.24, 2.45) is 0 Å². The van der Waals surface area contributed by atoms with Crippen LogP contribution in [0.15, 0.2) is 17.5 Å². The smallest absolute Gasteiger partial charge is 0.303 e. The van der Waals surface area contributed by atoms with Crippen molar-refractivity contribution < 1.29 is 14.3 Å². The van der Waals surface area contributed by atoms with Crippen LogP contribution in [0.2, 0.25) is 0 Å². The van der Waals surface area contributed by atoms with Crippen LogP contribution in [0.5, 0.6) is 0 Å². The number of ether oxygens (including phenoxy) is 1. The Balaban J connectivity index is 2.69. The zero-order valence-corrected chi connectivity index (χ0v) is 7.26. The van der Waals surface area contributed by atoms with E-state index in [9.17, 15) is 9.59 Å². The van der Waals surface area contributed by atoms with Crippen molar-refractivity contribution >= 4 is 23.6 Å². The molecular weight excluding hydrogens is 176 g/mol. The second-order valence-corrected chi connectivity index (χ2v) is 3.10. The summed E-state index contributed by atoms with van der Waals surface area (Å²) < 4.78 is 4.69. The van der Waals surface area contributed by atoms with Gasteiger partial charge in [0.1, 0.15) is 0 Å². The molecule has 3 nitrogen and oxygen atoms in total. The molecule has 63 valence electrons. The van der Waals surface area contributed by atoms with Crippen LogP contribution in [-0.4, -0.2) is 12.3 Å². The first-order valence-corrected chi connectivity index (χ1v) is 4.20. The highest BCUT2D eigenvalue weighted by molar-refractivity contribution is 7.10. The molecule has 0 aliphatic rings. The maximum atomic E-state index is 10.5. The molecular formula is C8H7O3S. The first-order valence-electron chi connectivity index (χ1n) is 3.32. The maximum absolute atomic E-state index is 10.5. The van der Waals surface area contributed by atoms with Gasteiger partial charge in [-0.25, -0.2) is 0 Å². The minimum Gasteiger partial charge on any atom is -0.448 e. The fourth-order valence-corrected chi connectivity index (χ4v) is 1.44. The lowest BCUT2D eigenvalue weighted by Crippen LogP contribution is -2.07. The topological polar surface area (TPSA) is 43.4 Å². The summed E-state index contributed by atoms with van der Waals surface area (Å²) in [6, 6.07) is 3.51. The average Bonchev–Trinajstić information content (AvgIpc) is 2.51. The fourth-order valence-electron chi connectivity index (χ4n) is 0.747. The van der Waals surface area contributed by atoms with Gasteiger partial charge in [-0.3, -0.25) is 9.59 Å². The van der Waals surface area contributed by atoms with Crippen molar-refractivity contribution in [1.82, 2.24) is 0 Å². The first kappa shape index (κ1) is 8.93. The molecule has 1 aromatic heterocycles. The summed E-state index contributed by atoms with van der Waals surface area (Å²) in [5.74, 6) is -0.475. The minimum absolute atomic E-state index is 0.475. The standard InChI is InChI=1S/C8H7O3S/c1-6(10)11-7(5-9)8-3-2-4-12-8/h2-4,7H,1H3. The Morgan fingerprint density at radius 3 is 2.92 bits per heavy atom. The Bertz CT molecular complexity index is 266. The summed E-state index contributed by atoms with van der Waals surface area (Å²) in [4.78, 5) is 21.5. The van der Waals surface area contributed by atoms with E-state index in [0.29, 0.717) is 4.88 Å². The maximum Gasteiger partial charge on any atom is 0.303 e. The van der Waals surface area contributed by atoms with Crippen LogP contribution >= 0.6 is 11.3 Å². The Morgan fingerprint density at radius 2 is 2.50 bits per heavy atom. The number of carbonyl (C=O) groups is 1. The third-order valence-corrected chi connectivity index (χ3v) is 2.11. The van der Waals surface area contributed by atoms with Gasteiger partial charge in [-0.15, -0.1) is 11.3 Å². The molecule has 4 heteroatoms. The fraction of sp³-hybridized carbons (Fsp3) is 0.250. The van der Waals surface area contributed by atoms with E-state index in [2.05, 4.69) is 0 Å². The summed E-state index contributed by atoms with van der Waals surface area (Å²) in [5.41, 5.74) is 0. The summed E-state index contributed by atoms with van der Waals surface area (Å²) >= 11 is 1.36. The predicted octanol–water partition coefficient (Wildman–Crippen LogP) is 1.46. The molecule has 1 radical (unpaired) electrons. The molecule has 0 aromatic carbocycles. The normalized spacial score (nSPS) is 12.1. The number of carbonyl (C=O) groups excluding carboxylic acids is 2. The van der Waals surface area contributed by atoms with E-state index in [0.717, 1.165) is 0 Å². The Labute approximate surface area is 74.0 Å². The van der Waals surface area contributed by atoms with Crippen LogP contribution < -0.4 is 0 Å². The molecule has 1 heterocycles. The van der Waals surface area contributed by atoms with Gasteiger partial charge >= 0.3 is 5.97 Å². The largest absolute Gasteiger partial charge is 0.448 e. The van der Waals surface area contributed by atoms with E-state index in [1.54, 1.807) is 18.4 Å². The number of thiophene rings is 1. The molecule has 12 heavy (non-hydrogen) atoms. The van der Waals surface area contributed by atoms with Gasteiger partial charge < -0.3 is 4.74 Å². The van der Waals surface area contributed by atoms with Gasteiger partial charge in [0.15, 0.2) is 0 Å². The van der Waals surface area contributed by atoms with Crippen LogP contribution in [0.1, 0.15) is 17.9 Å². The monoisotopic (exact) mass is 183 g/mol. The van der Waals surface area contributed by atoms with E-state index in [1.165, 1.54) is 18.3 Å². The molecule has 0 aliphatic heterocycles. The van der Waals surface area contributed by atoms with Crippen LogP contribution in [0, 0.1) is 0 Å². The number of hydrogen-bond acceptors (Lipinski definition) is 4. The molecule has 1 unspecified atom stereocenters. The average molecular weight is 183 g/mol. The molecule has 0 bridgehead atoms. The molecule has 0 N–H and O–H groups in total. The van der Waals surface area contributed by atoms with E-state index < -0.39 is 12.1 Å². The molecule has 0 spiro atoms. The molecule has 1 atom stereocenters. The number of rotatable bonds is 3. The summed E-state index contributed by atoms with van der Waals surface area (Å²) in [7, 11) is 0. The SMILES string of the molecule is CC(=O)OC([C]=O)c1cccs1. The molecule has 1 aromatic rings. The van der Waals surface area contributed by atoms with Gasteiger partial charge in [-0.05, 0) is 11.4 Å². The van der Waals surface area contributed by atoms with Crippen LogP contribution in [0.3, 0.4) is 0 Å². The van der Waals surface area contributed by atoms with Crippen molar-refractivity contribution in [3.05, 3.63) is 22.4 Å². The Kier molecular flexibility index (Phi) is 2.99. The summed E-state index contributed by atoms with van der Waals surface area (Å²) in [5, 5.41) is 1.81. The summed E-state index contributed by atoms with van der Waals surface area (Å²) in [6.07, 6.45) is 0.794. The van der Waals surface area contributed by atoms with Gasteiger partial charge in [0.2, 0.25) is 12.4 Å². The highest BCUT2D eigenvalue weighted by Crippen LogP contribution is 2.20. The van der Waals surface area contributed by atoms with E-state index in [1.807, 2.05) is 5.38 Å².